The molecule has 2 heterocycles. The third-order valence-corrected chi connectivity index (χ3v) is 4.51. The third-order valence-electron chi connectivity index (χ3n) is 4.51. The van der Waals surface area contributed by atoms with E-state index in [1.807, 2.05) is 0 Å². The fourth-order valence-corrected chi connectivity index (χ4v) is 2.93. The number of carbonyl (C=O) groups excluding carboxylic acids is 1. The lowest BCUT2D eigenvalue weighted by Crippen LogP contribution is -2.49. The number of H-pyrrole nitrogens is 2. The lowest BCUT2D eigenvalue weighted by atomic mass is 10.0. The van der Waals surface area contributed by atoms with Crippen LogP contribution < -0.4 is 10.9 Å². The largest absolute Gasteiger partial charge is 0.394 e. The minimum Gasteiger partial charge on any atom is -0.394 e. The highest BCUT2D eigenvalue weighted by molar-refractivity contribution is 5.86. The zero-order valence-electron chi connectivity index (χ0n) is 14.7. The number of aromatic amines is 2. The molecule has 9 heteroatoms. The third kappa shape index (κ3) is 3.97. The number of pyridine rings is 1. The maximum absolute atomic E-state index is 12.4. The van der Waals surface area contributed by atoms with Crippen LogP contribution in [0.15, 0.2) is 47.4 Å². The molecule has 0 fully saturated rings. The Hall–Kier alpha value is -2.98. The second-order valence-corrected chi connectivity index (χ2v) is 6.44. The number of fused-ring (bicyclic) bond motifs is 1. The quantitative estimate of drug-likeness (QED) is 0.258. The van der Waals surface area contributed by atoms with Gasteiger partial charge in [-0.15, -0.1) is 0 Å². The Morgan fingerprint density at radius 2 is 1.89 bits per heavy atom. The summed E-state index contributed by atoms with van der Waals surface area (Å²) in [7, 11) is 0. The van der Waals surface area contributed by atoms with Crippen molar-refractivity contribution >= 4 is 22.9 Å². The fraction of sp³-hybridized carbons (Fsp3) is 0.263. The molecule has 0 aliphatic rings. The van der Waals surface area contributed by atoms with E-state index in [-0.39, 0.29) is 5.56 Å². The molecule has 0 bridgehead atoms. The molecule has 0 spiro atoms. The molecule has 0 saturated carbocycles. The Morgan fingerprint density at radius 3 is 2.54 bits per heavy atom. The van der Waals surface area contributed by atoms with Gasteiger partial charge < -0.3 is 40.5 Å². The lowest BCUT2D eigenvalue weighted by molar-refractivity contribution is -0.117. The molecule has 0 amide bonds. The molecule has 9 nitrogen and oxygen atoms in total. The lowest BCUT2D eigenvalue weighted by Gasteiger charge is -2.26. The number of hydrogen-bond acceptors (Lipinski definition) is 7. The fourth-order valence-electron chi connectivity index (χ4n) is 2.93. The zero-order chi connectivity index (χ0) is 20.3. The molecule has 28 heavy (non-hydrogen) atoms. The van der Waals surface area contributed by atoms with Crippen molar-refractivity contribution < 1.29 is 25.2 Å². The molecule has 0 unspecified atom stereocenters. The molecule has 4 atom stereocenters. The number of aliphatic hydroxyl groups is 4. The minimum absolute atomic E-state index is 0.291. The molecule has 7 N–H and O–H groups in total. The minimum atomic E-state index is -1.71. The monoisotopic (exact) mass is 387 g/mol. The highest BCUT2D eigenvalue weighted by Gasteiger charge is 2.31. The van der Waals surface area contributed by atoms with Crippen molar-refractivity contribution in [2.75, 3.05) is 11.9 Å². The summed E-state index contributed by atoms with van der Waals surface area (Å²) in [5.74, 6) is 0. The van der Waals surface area contributed by atoms with Crippen LogP contribution in [0.1, 0.15) is 0 Å². The summed E-state index contributed by atoms with van der Waals surface area (Å²) in [6.45, 7) is -0.760. The summed E-state index contributed by atoms with van der Waals surface area (Å²) in [5.41, 5.74) is 1.81. The van der Waals surface area contributed by atoms with Crippen LogP contribution >= 0.6 is 0 Å². The topological polar surface area (TPSA) is 159 Å². The molecule has 2 aromatic heterocycles. The van der Waals surface area contributed by atoms with Gasteiger partial charge in [-0.1, -0.05) is 6.07 Å². The number of aromatic nitrogens is 2. The van der Waals surface area contributed by atoms with Gasteiger partial charge in [-0.25, -0.2) is 0 Å². The Morgan fingerprint density at radius 1 is 1.11 bits per heavy atom. The van der Waals surface area contributed by atoms with Gasteiger partial charge in [0.15, 0.2) is 0 Å². The van der Waals surface area contributed by atoms with Crippen LogP contribution in [0.4, 0.5) is 5.69 Å². The summed E-state index contributed by atoms with van der Waals surface area (Å²) in [4.78, 5) is 29.4. The van der Waals surface area contributed by atoms with Crippen LogP contribution in [-0.4, -0.2) is 67.6 Å². The smallest absolute Gasteiger partial charge is 0.257 e. The van der Waals surface area contributed by atoms with E-state index < -0.39 is 31.0 Å². The first-order chi connectivity index (χ1) is 13.4. The molecule has 1 aromatic carbocycles. The first-order valence-corrected chi connectivity index (χ1v) is 8.62. The summed E-state index contributed by atoms with van der Waals surface area (Å²) < 4.78 is 0. The molecule has 0 aliphatic heterocycles. The number of aldehydes is 1. The average Bonchev–Trinajstić information content (AvgIpc) is 3.24. The first-order valence-electron chi connectivity index (χ1n) is 8.62. The van der Waals surface area contributed by atoms with E-state index in [1.54, 1.807) is 42.6 Å². The Kier molecular flexibility index (Phi) is 5.90. The number of aliphatic hydroxyl groups excluding tert-OH is 4. The maximum atomic E-state index is 12.4. The molecular weight excluding hydrogens is 366 g/mol. The maximum Gasteiger partial charge on any atom is 0.257 e. The first kappa shape index (κ1) is 19.8. The van der Waals surface area contributed by atoms with Crippen molar-refractivity contribution in [2.45, 2.75) is 24.4 Å². The summed E-state index contributed by atoms with van der Waals surface area (Å²) in [6.07, 6.45) is -2.84. The summed E-state index contributed by atoms with van der Waals surface area (Å²) in [6, 6.07) is 9.04. The predicted molar refractivity (Wildman–Crippen MR) is 103 cm³/mol. The Bertz CT molecular complexity index is 1000. The van der Waals surface area contributed by atoms with Crippen molar-refractivity contribution in [3.63, 3.8) is 0 Å². The van der Waals surface area contributed by atoms with Gasteiger partial charge in [-0.05, 0) is 35.7 Å². The normalized spacial score (nSPS) is 15.7. The van der Waals surface area contributed by atoms with Crippen LogP contribution in [0.5, 0.6) is 0 Å². The van der Waals surface area contributed by atoms with Crippen LogP contribution in [0.2, 0.25) is 0 Å². The molecule has 0 aliphatic carbocycles. The van der Waals surface area contributed by atoms with E-state index in [0.717, 1.165) is 5.39 Å². The van der Waals surface area contributed by atoms with Crippen molar-refractivity contribution in [1.29, 1.82) is 0 Å². The molecule has 148 valence electrons. The number of hydrogen-bond donors (Lipinski definition) is 7. The number of nitrogens with one attached hydrogen (secondary N) is 3. The molecule has 0 radical (unpaired) electrons. The molecular formula is C19H21N3O6. The molecule has 3 aromatic rings. The van der Waals surface area contributed by atoms with Crippen molar-refractivity contribution in [1.82, 2.24) is 9.97 Å². The highest BCUT2D eigenvalue weighted by Crippen LogP contribution is 2.22. The van der Waals surface area contributed by atoms with Crippen LogP contribution in [0.25, 0.3) is 22.2 Å². The Labute approximate surface area is 159 Å². The van der Waals surface area contributed by atoms with E-state index in [1.165, 1.54) is 0 Å². The SMILES string of the molecule is O=C[C@@H](Nc1ccc2cc(-c3ccc[nH]3)c(=O)[nH]c2c1)[C@H](O)[C@@H](O)[C@@H](O)CO. The highest BCUT2D eigenvalue weighted by atomic mass is 16.4. The second kappa shape index (κ2) is 8.36. The number of carbonyl (C=O) groups is 1. The second-order valence-electron chi connectivity index (χ2n) is 6.44. The average molecular weight is 387 g/mol. The number of benzene rings is 1. The van der Waals surface area contributed by atoms with E-state index in [4.69, 9.17) is 5.11 Å². The van der Waals surface area contributed by atoms with Gasteiger partial charge in [-0.2, -0.15) is 0 Å². The van der Waals surface area contributed by atoms with Crippen LogP contribution in [0.3, 0.4) is 0 Å². The van der Waals surface area contributed by atoms with Crippen molar-refractivity contribution in [3.8, 4) is 11.3 Å². The summed E-state index contributed by atoms with van der Waals surface area (Å²) >= 11 is 0. The number of anilines is 1. The van der Waals surface area contributed by atoms with Crippen LogP contribution in [-0.2, 0) is 4.79 Å². The molecule has 3 rings (SSSR count). The van der Waals surface area contributed by atoms with Gasteiger partial charge in [0.1, 0.15) is 30.6 Å². The van der Waals surface area contributed by atoms with E-state index in [9.17, 15) is 24.9 Å². The Balaban J connectivity index is 1.86. The van der Waals surface area contributed by atoms with Gasteiger partial charge in [0.05, 0.1) is 23.4 Å². The van der Waals surface area contributed by atoms with Crippen LogP contribution in [0, 0.1) is 0 Å². The van der Waals surface area contributed by atoms with Gasteiger partial charge in [-0.3, -0.25) is 4.79 Å². The number of rotatable bonds is 8. The van der Waals surface area contributed by atoms with E-state index >= 15 is 0 Å². The van der Waals surface area contributed by atoms with Gasteiger partial charge in [0.25, 0.3) is 5.56 Å². The van der Waals surface area contributed by atoms with E-state index in [2.05, 4.69) is 15.3 Å². The van der Waals surface area contributed by atoms with E-state index in [0.29, 0.717) is 28.7 Å². The zero-order valence-corrected chi connectivity index (χ0v) is 14.7. The summed E-state index contributed by atoms with van der Waals surface area (Å²) in [5, 5.41) is 41.7. The van der Waals surface area contributed by atoms with Crippen molar-refractivity contribution in [3.05, 3.63) is 52.9 Å². The van der Waals surface area contributed by atoms with Crippen molar-refractivity contribution in [2.24, 2.45) is 0 Å². The van der Waals surface area contributed by atoms with Gasteiger partial charge in [0.2, 0.25) is 0 Å². The van der Waals surface area contributed by atoms with Gasteiger partial charge >= 0.3 is 0 Å². The molecule has 0 saturated heterocycles. The standard InChI is InChI=1S/C19H21N3O6/c23-8-15(17(26)18(27)16(25)9-24)21-11-4-3-10-6-12(13-2-1-5-20-13)19(28)22-14(10)7-11/h1-8,15-18,20-21,24-27H,9H2,(H,22,28)/t15-,16+,17+,18+/m1/s1. The predicted octanol–water partition coefficient (Wildman–Crippen LogP) is -0.422. The van der Waals surface area contributed by atoms with Gasteiger partial charge in [0, 0.05) is 11.9 Å².